The zero-order chi connectivity index (χ0) is 25.2. The molecule has 2 aliphatic rings. The zero-order valence-electron chi connectivity index (χ0n) is 20.5. The Kier molecular flexibility index (Phi) is 7.15. The predicted molar refractivity (Wildman–Crippen MR) is 133 cm³/mol. The number of rotatable bonds is 8. The topological polar surface area (TPSA) is 105 Å². The standard InChI is InChI=1S/C28H34N2O5/c1-17(2)23(15-25(31)30-24-13-8-14-28(24,3)26(32)33)29-27(34)35-16-22-20-11-6-4-9-18(20)19-10-5-7-12-21(19)22/h4-7,9-12,17,22-24H,8,13-16H2,1-3H3,(H,29,34)(H,30,31)(H,32,33)/t23-,24?,28?/m0/s1. The number of alkyl carbamates (subject to hydrolysis) is 1. The van der Waals surface area contributed by atoms with E-state index >= 15 is 0 Å². The summed E-state index contributed by atoms with van der Waals surface area (Å²) in [4.78, 5) is 37.2. The van der Waals surface area contributed by atoms with Crippen molar-refractivity contribution < 1.29 is 24.2 Å². The van der Waals surface area contributed by atoms with Gasteiger partial charge >= 0.3 is 12.1 Å². The van der Waals surface area contributed by atoms with E-state index in [4.69, 9.17) is 4.74 Å². The van der Waals surface area contributed by atoms with Crippen molar-refractivity contribution in [1.29, 1.82) is 0 Å². The maximum atomic E-state index is 12.8. The van der Waals surface area contributed by atoms with Gasteiger partial charge in [-0.1, -0.05) is 68.8 Å². The molecule has 7 nitrogen and oxygen atoms in total. The molecule has 0 saturated heterocycles. The SMILES string of the molecule is CC(C)[C@H](CC(=O)NC1CCCC1(C)C(=O)O)NC(=O)OCC1c2ccccc2-c2ccccc21. The minimum Gasteiger partial charge on any atom is -0.481 e. The van der Waals surface area contributed by atoms with E-state index in [9.17, 15) is 19.5 Å². The highest BCUT2D eigenvalue weighted by molar-refractivity contribution is 5.81. The lowest BCUT2D eigenvalue weighted by atomic mass is 9.84. The van der Waals surface area contributed by atoms with E-state index in [1.165, 1.54) is 0 Å². The molecule has 0 spiro atoms. The van der Waals surface area contributed by atoms with Crippen LogP contribution in [0.25, 0.3) is 11.1 Å². The Balaban J connectivity index is 1.35. The molecule has 1 saturated carbocycles. The Morgan fingerprint density at radius 2 is 1.66 bits per heavy atom. The maximum absolute atomic E-state index is 12.8. The van der Waals surface area contributed by atoms with Gasteiger partial charge in [0, 0.05) is 24.4 Å². The average molecular weight is 479 g/mol. The Hall–Kier alpha value is -3.35. The van der Waals surface area contributed by atoms with Gasteiger partial charge < -0.3 is 20.5 Å². The van der Waals surface area contributed by atoms with Crippen LogP contribution < -0.4 is 10.6 Å². The van der Waals surface area contributed by atoms with Crippen molar-refractivity contribution in [2.75, 3.05) is 6.61 Å². The molecule has 7 heteroatoms. The molecule has 2 unspecified atom stereocenters. The molecule has 2 aromatic carbocycles. The van der Waals surface area contributed by atoms with Gasteiger partial charge in [-0.05, 0) is 47.9 Å². The molecule has 0 radical (unpaired) electrons. The van der Waals surface area contributed by atoms with E-state index < -0.39 is 29.6 Å². The first-order valence-electron chi connectivity index (χ1n) is 12.3. The molecule has 0 heterocycles. The summed E-state index contributed by atoms with van der Waals surface area (Å²) in [5.41, 5.74) is 3.64. The first kappa shape index (κ1) is 24.8. The number of hydrogen-bond donors (Lipinski definition) is 3. The van der Waals surface area contributed by atoms with Crippen LogP contribution in [0, 0.1) is 11.3 Å². The normalized spacial score (nSPS) is 21.8. The van der Waals surface area contributed by atoms with Gasteiger partial charge in [-0.15, -0.1) is 0 Å². The molecule has 0 aromatic heterocycles. The van der Waals surface area contributed by atoms with Gasteiger partial charge in [-0.25, -0.2) is 4.79 Å². The number of nitrogens with one attached hydrogen (secondary N) is 2. The summed E-state index contributed by atoms with van der Waals surface area (Å²) < 4.78 is 5.64. The molecular weight excluding hydrogens is 444 g/mol. The number of carbonyl (C=O) groups is 3. The second kappa shape index (κ2) is 10.1. The third-order valence-corrected chi connectivity index (χ3v) is 7.64. The minimum absolute atomic E-state index is 0.00401. The van der Waals surface area contributed by atoms with Crippen LogP contribution >= 0.6 is 0 Å². The molecule has 0 bridgehead atoms. The second-order valence-corrected chi connectivity index (χ2v) is 10.3. The van der Waals surface area contributed by atoms with Gasteiger partial charge in [0.15, 0.2) is 0 Å². The summed E-state index contributed by atoms with van der Waals surface area (Å²) in [6.45, 7) is 5.75. The van der Waals surface area contributed by atoms with Gasteiger partial charge in [0.25, 0.3) is 0 Å². The fourth-order valence-corrected chi connectivity index (χ4v) is 5.35. The smallest absolute Gasteiger partial charge is 0.407 e. The lowest BCUT2D eigenvalue weighted by Crippen LogP contribution is -2.49. The van der Waals surface area contributed by atoms with Crippen LogP contribution in [0.4, 0.5) is 4.79 Å². The van der Waals surface area contributed by atoms with Gasteiger partial charge in [0.1, 0.15) is 6.61 Å². The highest BCUT2D eigenvalue weighted by atomic mass is 16.5. The van der Waals surface area contributed by atoms with Gasteiger partial charge in [-0.2, -0.15) is 0 Å². The fourth-order valence-electron chi connectivity index (χ4n) is 5.35. The molecule has 1 fully saturated rings. The largest absolute Gasteiger partial charge is 0.481 e. The van der Waals surface area contributed by atoms with E-state index in [-0.39, 0.29) is 30.8 Å². The number of carboxylic acid groups (broad SMARTS) is 1. The number of hydrogen-bond acceptors (Lipinski definition) is 4. The van der Waals surface area contributed by atoms with Crippen LogP contribution in [0.1, 0.15) is 63.5 Å². The van der Waals surface area contributed by atoms with Crippen molar-refractivity contribution in [1.82, 2.24) is 10.6 Å². The van der Waals surface area contributed by atoms with E-state index in [2.05, 4.69) is 34.9 Å². The zero-order valence-corrected chi connectivity index (χ0v) is 20.5. The molecule has 0 aliphatic heterocycles. The summed E-state index contributed by atoms with van der Waals surface area (Å²) in [5.74, 6) is -1.19. The second-order valence-electron chi connectivity index (χ2n) is 10.3. The number of aliphatic carboxylic acids is 1. The summed E-state index contributed by atoms with van der Waals surface area (Å²) in [5, 5.41) is 15.3. The van der Waals surface area contributed by atoms with Gasteiger partial charge in [-0.3, -0.25) is 9.59 Å². The van der Waals surface area contributed by atoms with Crippen LogP contribution in [0.3, 0.4) is 0 Å². The van der Waals surface area contributed by atoms with E-state index in [0.29, 0.717) is 12.8 Å². The van der Waals surface area contributed by atoms with Crippen LogP contribution in [0.2, 0.25) is 0 Å². The molecule has 2 amide bonds. The number of benzene rings is 2. The molecule has 2 aromatic rings. The Labute approximate surface area is 206 Å². The molecule has 3 N–H and O–H groups in total. The lowest BCUT2D eigenvalue weighted by molar-refractivity contribution is -0.149. The van der Waals surface area contributed by atoms with Crippen molar-refractivity contribution in [2.45, 2.75) is 64.5 Å². The van der Waals surface area contributed by atoms with E-state index in [1.54, 1.807) is 6.92 Å². The monoisotopic (exact) mass is 478 g/mol. The molecule has 4 rings (SSSR count). The highest BCUT2D eigenvalue weighted by Gasteiger charge is 2.46. The summed E-state index contributed by atoms with van der Waals surface area (Å²) in [6.07, 6.45) is 1.45. The summed E-state index contributed by atoms with van der Waals surface area (Å²) >= 11 is 0. The third-order valence-electron chi connectivity index (χ3n) is 7.64. The number of ether oxygens (including phenoxy) is 1. The molecule has 186 valence electrons. The quantitative estimate of drug-likeness (QED) is 0.510. The maximum Gasteiger partial charge on any atom is 0.407 e. The van der Waals surface area contributed by atoms with Crippen molar-refractivity contribution in [3.8, 4) is 11.1 Å². The molecule has 3 atom stereocenters. The minimum atomic E-state index is -0.955. The lowest BCUT2D eigenvalue weighted by Gasteiger charge is -2.29. The van der Waals surface area contributed by atoms with E-state index in [1.807, 2.05) is 38.1 Å². The summed E-state index contributed by atoms with van der Waals surface area (Å²) in [6, 6.07) is 15.5. The predicted octanol–water partition coefficient (Wildman–Crippen LogP) is 4.70. The van der Waals surface area contributed by atoms with Crippen LogP contribution in [-0.2, 0) is 14.3 Å². The average Bonchev–Trinajstić information content (AvgIpc) is 3.36. The third kappa shape index (κ3) is 5.04. The van der Waals surface area contributed by atoms with Crippen LogP contribution in [0.5, 0.6) is 0 Å². The van der Waals surface area contributed by atoms with Crippen LogP contribution in [-0.4, -0.2) is 41.8 Å². The molecule has 2 aliphatic carbocycles. The Bertz CT molecular complexity index is 1070. The summed E-state index contributed by atoms with van der Waals surface area (Å²) in [7, 11) is 0. The van der Waals surface area contributed by atoms with E-state index in [0.717, 1.165) is 28.7 Å². The first-order valence-corrected chi connectivity index (χ1v) is 12.3. The Morgan fingerprint density at radius 1 is 1.06 bits per heavy atom. The van der Waals surface area contributed by atoms with Crippen molar-refractivity contribution >= 4 is 18.0 Å². The number of fused-ring (bicyclic) bond motifs is 3. The van der Waals surface area contributed by atoms with Gasteiger partial charge in [0.05, 0.1) is 5.41 Å². The highest BCUT2D eigenvalue weighted by Crippen LogP contribution is 2.44. The molecular formula is C28H34N2O5. The number of carboxylic acids is 1. The number of amides is 2. The fraction of sp³-hybridized carbons (Fsp3) is 0.464. The molecule has 35 heavy (non-hydrogen) atoms. The van der Waals surface area contributed by atoms with Crippen molar-refractivity contribution in [3.63, 3.8) is 0 Å². The van der Waals surface area contributed by atoms with Crippen molar-refractivity contribution in [3.05, 3.63) is 59.7 Å². The van der Waals surface area contributed by atoms with Crippen molar-refractivity contribution in [2.24, 2.45) is 11.3 Å². The first-order chi connectivity index (χ1) is 16.7. The Morgan fingerprint density at radius 3 is 2.23 bits per heavy atom. The number of carbonyl (C=O) groups excluding carboxylic acids is 2. The van der Waals surface area contributed by atoms with Gasteiger partial charge in [0.2, 0.25) is 5.91 Å². The van der Waals surface area contributed by atoms with Crippen LogP contribution in [0.15, 0.2) is 48.5 Å².